The smallest absolute Gasteiger partial charge is 0.126 e. The third-order valence-corrected chi connectivity index (χ3v) is 4.68. The highest BCUT2D eigenvalue weighted by molar-refractivity contribution is 7.98. The van der Waals surface area contributed by atoms with E-state index in [2.05, 4.69) is 30.0 Å². The lowest BCUT2D eigenvalue weighted by Crippen LogP contribution is -2.40. The highest BCUT2D eigenvalue weighted by atomic mass is 32.2. The Labute approximate surface area is 120 Å². The van der Waals surface area contributed by atoms with E-state index in [4.69, 9.17) is 11.1 Å². The lowest BCUT2D eigenvalue weighted by atomic mass is 9.97. The minimum atomic E-state index is 0.181. The van der Waals surface area contributed by atoms with Gasteiger partial charge in [0, 0.05) is 23.2 Å². The molecule has 1 aliphatic rings. The lowest BCUT2D eigenvalue weighted by Gasteiger charge is -2.38. The molecule has 1 atom stereocenters. The molecule has 0 aromatic heterocycles. The van der Waals surface area contributed by atoms with Gasteiger partial charge in [0.05, 0.1) is 5.56 Å². The molecule has 1 aliphatic heterocycles. The largest absolute Gasteiger partial charge is 0.384 e. The van der Waals surface area contributed by atoms with Gasteiger partial charge < -0.3 is 10.6 Å². The van der Waals surface area contributed by atoms with E-state index in [1.807, 2.05) is 6.26 Å². The summed E-state index contributed by atoms with van der Waals surface area (Å²) in [7, 11) is 0. The standard InChI is InChI=1S/C15H23N3S/c1-3-11-7-4-5-10-18(11)12-8-6-9-13(19-2)14(12)15(16)17/h6,8-9,11H,3-5,7,10H2,1-2H3,(H3,16,17). The van der Waals surface area contributed by atoms with Crippen LogP contribution in [0.15, 0.2) is 23.1 Å². The van der Waals surface area contributed by atoms with Crippen LogP contribution in [0, 0.1) is 5.41 Å². The number of hydrogen-bond donors (Lipinski definition) is 2. The molecule has 2 rings (SSSR count). The van der Waals surface area contributed by atoms with Gasteiger partial charge in [0.1, 0.15) is 5.84 Å². The van der Waals surface area contributed by atoms with Crippen molar-refractivity contribution in [2.75, 3.05) is 17.7 Å². The second-order valence-electron chi connectivity index (χ2n) is 5.02. The van der Waals surface area contributed by atoms with Crippen LogP contribution in [-0.2, 0) is 0 Å². The molecule has 1 unspecified atom stereocenters. The highest BCUT2D eigenvalue weighted by Crippen LogP contribution is 2.33. The van der Waals surface area contributed by atoms with Crippen LogP contribution in [0.1, 0.15) is 38.2 Å². The summed E-state index contributed by atoms with van der Waals surface area (Å²) < 4.78 is 0. The van der Waals surface area contributed by atoms with Crippen molar-refractivity contribution >= 4 is 23.3 Å². The van der Waals surface area contributed by atoms with Crippen LogP contribution < -0.4 is 10.6 Å². The third-order valence-electron chi connectivity index (χ3n) is 3.90. The van der Waals surface area contributed by atoms with Crippen LogP contribution in [0.2, 0.25) is 0 Å². The second-order valence-corrected chi connectivity index (χ2v) is 5.87. The van der Waals surface area contributed by atoms with Gasteiger partial charge in [0.15, 0.2) is 0 Å². The van der Waals surface area contributed by atoms with Gasteiger partial charge in [-0.15, -0.1) is 11.8 Å². The lowest BCUT2D eigenvalue weighted by molar-refractivity contribution is 0.449. The molecular weight excluding hydrogens is 254 g/mol. The molecule has 0 saturated carbocycles. The van der Waals surface area contributed by atoms with Crippen molar-refractivity contribution in [2.45, 2.75) is 43.5 Å². The van der Waals surface area contributed by atoms with E-state index >= 15 is 0 Å². The van der Waals surface area contributed by atoms with Crippen LogP contribution >= 0.6 is 11.8 Å². The number of rotatable bonds is 4. The van der Waals surface area contributed by atoms with E-state index in [0.29, 0.717) is 6.04 Å². The number of benzene rings is 1. The summed E-state index contributed by atoms with van der Waals surface area (Å²) in [6.45, 7) is 3.32. The summed E-state index contributed by atoms with van der Waals surface area (Å²) in [6.07, 6.45) is 6.99. The molecule has 0 radical (unpaired) electrons. The first-order valence-corrected chi connectivity index (χ1v) is 8.19. The molecule has 3 nitrogen and oxygen atoms in total. The number of nitrogens with one attached hydrogen (secondary N) is 1. The van der Waals surface area contributed by atoms with E-state index in [0.717, 1.165) is 29.1 Å². The minimum absolute atomic E-state index is 0.181. The maximum absolute atomic E-state index is 7.90. The molecule has 3 N–H and O–H groups in total. The van der Waals surface area contributed by atoms with Gasteiger partial charge in [0.25, 0.3) is 0 Å². The Morgan fingerprint density at radius 3 is 2.89 bits per heavy atom. The Morgan fingerprint density at radius 1 is 1.47 bits per heavy atom. The minimum Gasteiger partial charge on any atom is -0.384 e. The van der Waals surface area contributed by atoms with Crippen molar-refractivity contribution in [1.29, 1.82) is 5.41 Å². The predicted octanol–water partition coefficient (Wildman–Crippen LogP) is 3.46. The first-order chi connectivity index (χ1) is 9.19. The van der Waals surface area contributed by atoms with Crippen LogP contribution in [0.25, 0.3) is 0 Å². The van der Waals surface area contributed by atoms with Gasteiger partial charge in [-0.3, -0.25) is 5.41 Å². The number of nitrogens with zero attached hydrogens (tertiary/aromatic N) is 1. The van der Waals surface area contributed by atoms with Gasteiger partial charge in [0.2, 0.25) is 0 Å². The van der Waals surface area contributed by atoms with Crippen LogP contribution in [-0.4, -0.2) is 24.7 Å². The summed E-state index contributed by atoms with van der Waals surface area (Å²) in [5, 5.41) is 7.90. The van der Waals surface area contributed by atoms with Gasteiger partial charge in [-0.2, -0.15) is 0 Å². The number of amidine groups is 1. The van der Waals surface area contributed by atoms with Crippen LogP contribution in [0.5, 0.6) is 0 Å². The molecular formula is C15H23N3S. The molecule has 0 bridgehead atoms. The average molecular weight is 277 g/mol. The zero-order chi connectivity index (χ0) is 13.8. The molecule has 0 amide bonds. The number of nitrogen functional groups attached to an aromatic ring is 1. The maximum atomic E-state index is 7.90. The quantitative estimate of drug-likeness (QED) is 0.503. The van der Waals surface area contributed by atoms with Gasteiger partial charge in [-0.25, -0.2) is 0 Å². The average Bonchev–Trinajstić information content (AvgIpc) is 2.46. The zero-order valence-electron chi connectivity index (χ0n) is 11.8. The van der Waals surface area contributed by atoms with Crippen molar-refractivity contribution in [1.82, 2.24) is 0 Å². The van der Waals surface area contributed by atoms with E-state index in [1.54, 1.807) is 11.8 Å². The third kappa shape index (κ3) is 2.89. The molecule has 4 heteroatoms. The van der Waals surface area contributed by atoms with Crippen LogP contribution in [0.4, 0.5) is 5.69 Å². The summed E-state index contributed by atoms with van der Waals surface area (Å²) in [4.78, 5) is 3.56. The van der Waals surface area contributed by atoms with Gasteiger partial charge in [-0.05, 0) is 44.1 Å². The monoisotopic (exact) mass is 277 g/mol. The van der Waals surface area contributed by atoms with Crippen molar-refractivity contribution in [3.05, 3.63) is 23.8 Å². The molecule has 1 aromatic rings. The Balaban J connectivity index is 2.45. The van der Waals surface area contributed by atoms with Crippen molar-refractivity contribution in [3.63, 3.8) is 0 Å². The molecule has 1 aromatic carbocycles. The Hall–Kier alpha value is -1.16. The number of nitrogens with two attached hydrogens (primary N) is 1. The fraction of sp³-hybridized carbons (Fsp3) is 0.533. The summed E-state index contributed by atoms with van der Waals surface area (Å²) >= 11 is 1.66. The molecule has 104 valence electrons. The summed E-state index contributed by atoms with van der Waals surface area (Å²) in [5.41, 5.74) is 7.88. The van der Waals surface area contributed by atoms with E-state index in [-0.39, 0.29) is 5.84 Å². The van der Waals surface area contributed by atoms with Crippen LogP contribution in [0.3, 0.4) is 0 Å². The molecule has 19 heavy (non-hydrogen) atoms. The normalized spacial score (nSPS) is 19.5. The summed E-state index contributed by atoms with van der Waals surface area (Å²) in [5.74, 6) is 0.181. The van der Waals surface area contributed by atoms with E-state index in [9.17, 15) is 0 Å². The van der Waals surface area contributed by atoms with E-state index < -0.39 is 0 Å². The molecule has 0 aliphatic carbocycles. The second kappa shape index (κ2) is 6.33. The van der Waals surface area contributed by atoms with Crippen molar-refractivity contribution in [2.24, 2.45) is 5.73 Å². The fourth-order valence-electron chi connectivity index (χ4n) is 2.94. The Morgan fingerprint density at radius 2 is 2.26 bits per heavy atom. The van der Waals surface area contributed by atoms with E-state index in [1.165, 1.54) is 19.3 Å². The molecule has 1 fully saturated rings. The highest BCUT2D eigenvalue weighted by Gasteiger charge is 2.24. The first-order valence-electron chi connectivity index (χ1n) is 6.97. The number of piperidine rings is 1. The van der Waals surface area contributed by atoms with Gasteiger partial charge >= 0.3 is 0 Å². The predicted molar refractivity (Wildman–Crippen MR) is 84.5 cm³/mol. The fourth-order valence-corrected chi connectivity index (χ4v) is 3.58. The molecule has 0 spiro atoms. The van der Waals surface area contributed by atoms with Crippen molar-refractivity contribution in [3.8, 4) is 0 Å². The number of anilines is 1. The SMILES string of the molecule is CCC1CCCCN1c1cccc(SC)c1C(=N)N. The number of thioether (sulfide) groups is 1. The topological polar surface area (TPSA) is 53.1 Å². The Kier molecular flexibility index (Phi) is 4.75. The summed E-state index contributed by atoms with van der Waals surface area (Å²) in [6, 6.07) is 6.83. The Bertz CT molecular complexity index is 459. The molecule has 1 saturated heterocycles. The van der Waals surface area contributed by atoms with Gasteiger partial charge in [-0.1, -0.05) is 13.0 Å². The van der Waals surface area contributed by atoms with Crippen molar-refractivity contribution < 1.29 is 0 Å². The first kappa shape index (κ1) is 14.3. The maximum Gasteiger partial charge on any atom is 0.126 e. The zero-order valence-corrected chi connectivity index (χ0v) is 12.6. The molecule has 1 heterocycles. The number of hydrogen-bond acceptors (Lipinski definition) is 3.